The first-order valence-corrected chi connectivity index (χ1v) is 13.7. The van der Waals surface area contributed by atoms with Gasteiger partial charge in [-0.2, -0.15) is 0 Å². The number of amides is 2. The molecule has 0 aromatic heterocycles. The molecule has 0 spiro atoms. The Morgan fingerprint density at radius 1 is 0.865 bits per heavy atom. The minimum absolute atomic E-state index is 0.0651. The second-order valence-electron chi connectivity index (χ2n) is 10.4. The monoisotopic (exact) mass is 516 g/mol. The summed E-state index contributed by atoms with van der Waals surface area (Å²) in [5.41, 5.74) is 5.15. The maximum Gasteiger partial charge on any atom is 0.243 e. The molecule has 37 heavy (non-hydrogen) atoms. The number of benzene rings is 3. The van der Waals surface area contributed by atoms with Gasteiger partial charge in [-0.05, 0) is 55.5 Å². The predicted octanol–water partition coefficient (Wildman–Crippen LogP) is 6.59. The molecule has 1 atom stereocenters. The summed E-state index contributed by atoms with van der Waals surface area (Å²) in [7, 11) is 0. The fourth-order valence-electron chi connectivity index (χ4n) is 5.38. The van der Waals surface area contributed by atoms with Gasteiger partial charge in [-0.3, -0.25) is 9.59 Å². The minimum atomic E-state index is -0.623. The standard InChI is InChI=1S/C32H37ClN2O2/c1-23-16-24(2)18-27(17-23)21-31(36)35(22-26-12-9-13-28(33)19-26)30(20-25-10-5-3-6-11-25)32(37)34-29-14-7-4-8-15-29/h3,5-6,9-13,16-19,29-30H,4,7-8,14-15,20-22H2,1-2H3,(H,34,37)/t30-/m0/s1. The Morgan fingerprint density at radius 2 is 1.54 bits per heavy atom. The molecule has 0 bridgehead atoms. The number of halogens is 1. The van der Waals surface area contributed by atoms with Gasteiger partial charge < -0.3 is 10.2 Å². The maximum atomic E-state index is 14.0. The maximum absolute atomic E-state index is 14.0. The second kappa shape index (κ2) is 12.9. The third-order valence-corrected chi connectivity index (χ3v) is 7.34. The molecular formula is C32H37ClN2O2. The number of carbonyl (C=O) groups excluding carboxylic acids is 2. The topological polar surface area (TPSA) is 49.4 Å². The highest BCUT2D eigenvalue weighted by Crippen LogP contribution is 2.22. The Morgan fingerprint density at radius 3 is 2.22 bits per heavy atom. The molecule has 0 aliphatic heterocycles. The van der Waals surface area contributed by atoms with Gasteiger partial charge in [0.25, 0.3) is 0 Å². The highest BCUT2D eigenvalue weighted by molar-refractivity contribution is 6.30. The molecule has 4 nitrogen and oxygen atoms in total. The highest BCUT2D eigenvalue weighted by Gasteiger charge is 2.32. The number of aryl methyl sites for hydroxylation is 2. The van der Waals surface area contributed by atoms with Gasteiger partial charge in [0, 0.05) is 24.0 Å². The molecule has 194 valence electrons. The van der Waals surface area contributed by atoms with Gasteiger partial charge in [0.1, 0.15) is 6.04 Å². The fourth-order valence-corrected chi connectivity index (χ4v) is 5.59. The quantitative estimate of drug-likeness (QED) is 0.349. The van der Waals surface area contributed by atoms with Crippen LogP contribution in [0.4, 0.5) is 0 Å². The second-order valence-corrected chi connectivity index (χ2v) is 10.8. The van der Waals surface area contributed by atoms with Crippen LogP contribution in [0.2, 0.25) is 5.02 Å². The highest BCUT2D eigenvalue weighted by atomic mass is 35.5. The molecule has 2 amide bonds. The zero-order valence-corrected chi connectivity index (χ0v) is 22.6. The lowest BCUT2D eigenvalue weighted by atomic mass is 9.94. The number of carbonyl (C=O) groups is 2. The van der Waals surface area contributed by atoms with E-state index in [1.165, 1.54) is 6.42 Å². The minimum Gasteiger partial charge on any atom is -0.352 e. The van der Waals surface area contributed by atoms with Crippen molar-refractivity contribution in [3.05, 3.63) is 106 Å². The molecule has 3 aromatic carbocycles. The van der Waals surface area contributed by atoms with Crippen LogP contribution >= 0.6 is 11.6 Å². The Hall–Kier alpha value is -3.11. The van der Waals surface area contributed by atoms with Crippen molar-refractivity contribution in [2.45, 2.75) is 77.4 Å². The van der Waals surface area contributed by atoms with Crippen LogP contribution in [0, 0.1) is 13.8 Å². The Labute approximate surface area is 226 Å². The molecule has 3 aromatic rings. The third-order valence-electron chi connectivity index (χ3n) is 7.10. The summed E-state index contributed by atoms with van der Waals surface area (Å²) < 4.78 is 0. The summed E-state index contributed by atoms with van der Waals surface area (Å²) in [5, 5.41) is 3.91. The number of rotatable bonds is 9. The van der Waals surface area contributed by atoms with Crippen molar-refractivity contribution in [1.29, 1.82) is 0 Å². The molecule has 4 rings (SSSR count). The normalized spacial score (nSPS) is 14.7. The van der Waals surface area contributed by atoms with Gasteiger partial charge in [0.15, 0.2) is 0 Å². The summed E-state index contributed by atoms with van der Waals surface area (Å²) in [6.45, 7) is 4.40. The first-order chi connectivity index (χ1) is 17.9. The van der Waals surface area contributed by atoms with Crippen molar-refractivity contribution < 1.29 is 9.59 Å². The number of hydrogen-bond donors (Lipinski definition) is 1. The molecular weight excluding hydrogens is 480 g/mol. The van der Waals surface area contributed by atoms with Crippen LogP contribution < -0.4 is 5.32 Å². The number of nitrogens with one attached hydrogen (secondary N) is 1. The zero-order chi connectivity index (χ0) is 26.2. The van der Waals surface area contributed by atoms with Crippen LogP contribution in [0.1, 0.15) is 59.9 Å². The Bertz CT molecular complexity index is 1180. The Kier molecular flexibility index (Phi) is 9.40. The van der Waals surface area contributed by atoms with Crippen molar-refractivity contribution >= 4 is 23.4 Å². The molecule has 1 fully saturated rings. The molecule has 0 unspecified atom stereocenters. The first-order valence-electron chi connectivity index (χ1n) is 13.3. The van der Waals surface area contributed by atoms with Gasteiger partial charge in [-0.25, -0.2) is 0 Å². The SMILES string of the molecule is Cc1cc(C)cc(CC(=O)N(Cc2cccc(Cl)c2)[C@@H](Cc2ccccc2)C(=O)NC2CCCCC2)c1. The summed E-state index contributed by atoms with van der Waals surface area (Å²) in [6, 6.07) is 23.3. The molecule has 1 N–H and O–H groups in total. The molecule has 1 aliphatic carbocycles. The summed E-state index contributed by atoms with van der Waals surface area (Å²) >= 11 is 6.29. The van der Waals surface area contributed by atoms with Crippen molar-refractivity contribution in [2.24, 2.45) is 0 Å². The largest absolute Gasteiger partial charge is 0.352 e. The average Bonchev–Trinajstić information content (AvgIpc) is 2.86. The summed E-state index contributed by atoms with van der Waals surface area (Å²) in [4.78, 5) is 29.6. The third kappa shape index (κ3) is 7.93. The predicted molar refractivity (Wildman–Crippen MR) is 151 cm³/mol. The van der Waals surface area contributed by atoms with E-state index in [-0.39, 0.29) is 24.3 Å². The van der Waals surface area contributed by atoms with E-state index in [1.807, 2.05) is 68.4 Å². The first kappa shape index (κ1) is 26.9. The van der Waals surface area contributed by atoms with E-state index in [9.17, 15) is 9.59 Å². The smallest absolute Gasteiger partial charge is 0.243 e. The lowest BCUT2D eigenvalue weighted by Crippen LogP contribution is -2.53. The molecule has 0 heterocycles. The summed E-state index contributed by atoms with van der Waals surface area (Å²) in [6.07, 6.45) is 6.17. The fraction of sp³-hybridized carbons (Fsp3) is 0.375. The number of nitrogens with zero attached hydrogens (tertiary/aromatic N) is 1. The van der Waals surface area contributed by atoms with Gasteiger partial charge >= 0.3 is 0 Å². The van der Waals surface area contributed by atoms with Crippen LogP contribution in [0.5, 0.6) is 0 Å². The van der Waals surface area contributed by atoms with Crippen molar-refractivity contribution in [2.75, 3.05) is 0 Å². The van der Waals surface area contributed by atoms with E-state index in [2.05, 4.69) is 23.5 Å². The average molecular weight is 517 g/mol. The Balaban J connectivity index is 1.67. The summed E-state index contributed by atoms with van der Waals surface area (Å²) in [5.74, 6) is -0.142. The van der Waals surface area contributed by atoms with E-state index in [4.69, 9.17) is 11.6 Å². The van der Waals surface area contributed by atoms with E-state index in [0.29, 0.717) is 18.0 Å². The molecule has 0 saturated heterocycles. The van der Waals surface area contributed by atoms with E-state index < -0.39 is 6.04 Å². The van der Waals surface area contributed by atoms with Crippen molar-refractivity contribution in [3.63, 3.8) is 0 Å². The van der Waals surface area contributed by atoms with Crippen LogP contribution in [0.25, 0.3) is 0 Å². The molecule has 0 radical (unpaired) electrons. The van der Waals surface area contributed by atoms with Gasteiger partial charge in [0.05, 0.1) is 6.42 Å². The molecule has 5 heteroatoms. The molecule has 1 aliphatic rings. The van der Waals surface area contributed by atoms with Crippen LogP contribution in [-0.4, -0.2) is 28.8 Å². The van der Waals surface area contributed by atoms with E-state index in [1.54, 1.807) is 4.90 Å². The van der Waals surface area contributed by atoms with Gasteiger partial charge in [-0.15, -0.1) is 0 Å². The molecule has 1 saturated carbocycles. The van der Waals surface area contributed by atoms with Crippen molar-refractivity contribution in [3.8, 4) is 0 Å². The van der Waals surface area contributed by atoms with Crippen LogP contribution in [-0.2, 0) is 29.0 Å². The van der Waals surface area contributed by atoms with Gasteiger partial charge in [-0.1, -0.05) is 103 Å². The lowest BCUT2D eigenvalue weighted by Gasteiger charge is -2.33. The zero-order valence-electron chi connectivity index (χ0n) is 21.9. The van der Waals surface area contributed by atoms with E-state index >= 15 is 0 Å². The van der Waals surface area contributed by atoms with Crippen LogP contribution in [0.3, 0.4) is 0 Å². The number of hydrogen-bond acceptors (Lipinski definition) is 2. The van der Waals surface area contributed by atoms with Crippen molar-refractivity contribution in [1.82, 2.24) is 10.2 Å². The van der Waals surface area contributed by atoms with Crippen LogP contribution in [0.15, 0.2) is 72.8 Å². The van der Waals surface area contributed by atoms with Gasteiger partial charge in [0.2, 0.25) is 11.8 Å². The van der Waals surface area contributed by atoms with E-state index in [0.717, 1.165) is 53.5 Å². The lowest BCUT2D eigenvalue weighted by molar-refractivity contribution is -0.141.